The topological polar surface area (TPSA) is 84.2 Å². The lowest BCUT2D eigenvalue weighted by Gasteiger charge is -2.63. The molecule has 41 heavy (non-hydrogen) atoms. The summed E-state index contributed by atoms with van der Waals surface area (Å²) < 4.78 is 0. The molecular weight excluding hydrogens is 512 g/mol. The highest BCUT2D eigenvalue weighted by Crippen LogP contribution is 2.68. The van der Waals surface area contributed by atoms with Crippen LogP contribution in [0.3, 0.4) is 0 Å². The minimum absolute atomic E-state index is 0.104. The Morgan fingerprint density at radius 2 is 1.68 bits per heavy atom. The van der Waals surface area contributed by atoms with Gasteiger partial charge in [-0.2, -0.15) is 0 Å². The first-order valence-electron chi connectivity index (χ1n) is 16.7. The van der Waals surface area contributed by atoms with E-state index in [4.69, 9.17) is 0 Å². The summed E-state index contributed by atoms with van der Waals surface area (Å²) in [6.45, 7) is 11.4. The van der Waals surface area contributed by atoms with Crippen molar-refractivity contribution < 1.29 is 20.1 Å². The number of piperazine rings is 1. The zero-order valence-corrected chi connectivity index (χ0v) is 25.6. The van der Waals surface area contributed by atoms with E-state index in [1.807, 2.05) is 0 Å². The number of carbonyl (C=O) groups is 1. The van der Waals surface area contributed by atoms with Crippen LogP contribution in [0.1, 0.15) is 84.1 Å². The number of nitrogens with zero attached hydrogens (tertiary/aromatic N) is 2. The van der Waals surface area contributed by atoms with Gasteiger partial charge in [0.1, 0.15) is 0 Å². The molecule has 1 saturated heterocycles. The smallest absolute Gasteiger partial charge is 0.222 e. The molecule has 1 aromatic carbocycles. The lowest BCUT2D eigenvalue weighted by Crippen LogP contribution is -2.62. The van der Waals surface area contributed by atoms with E-state index in [1.165, 1.54) is 5.56 Å². The molecule has 0 bridgehead atoms. The fourth-order valence-electron chi connectivity index (χ4n) is 10.8. The number of aliphatic hydroxyl groups excluding tert-OH is 3. The van der Waals surface area contributed by atoms with E-state index in [0.717, 1.165) is 84.1 Å². The Hall–Kier alpha value is -1.47. The molecular formula is C35H54N2O4. The van der Waals surface area contributed by atoms with Gasteiger partial charge in [-0.3, -0.25) is 9.69 Å². The Morgan fingerprint density at radius 3 is 2.41 bits per heavy atom. The van der Waals surface area contributed by atoms with E-state index >= 15 is 0 Å². The molecule has 1 aromatic rings. The van der Waals surface area contributed by atoms with Gasteiger partial charge < -0.3 is 20.2 Å². The fraction of sp³-hybridized carbons (Fsp3) is 0.800. The average Bonchev–Trinajstić information content (AvgIpc) is 3.32. The Labute approximate surface area is 247 Å². The largest absolute Gasteiger partial charge is 0.393 e. The summed E-state index contributed by atoms with van der Waals surface area (Å²) in [5, 5.41) is 33.7. The highest BCUT2D eigenvalue weighted by Gasteiger charge is 2.65. The van der Waals surface area contributed by atoms with Crippen molar-refractivity contribution in [1.82, 2.24) is 9.80 Å². The predicted octanol–water partition coefficient (Wildman–Crippen LogP) is 4.71. The molecule has 3 N–H and O–H groups in total. The van der Waals surface area contributed by atoms with Gasteiger partial charge in [0.05, 0.1) is 18.3 Å². The fourth-order valence-corrected chi connectivity index (χ4v) is 10.8. The van der Waals surface area contributed by atoms with Crippen molar-refractivity contribution in [3.63, 3.8) is 0 Å². The second kappa shape index (κ2) is 11.6. The van der Waals surface area contributed by atoms with Gasteiger partial charge in [0.25, 0.3) is 0 Å². The number of rotatable bonds is 6. The second-order valence-corrected chi connectivity index (χ2v) is 15.2. The Morgan fingerprint density at radius 1 is 0.951 bits per heavy atom. The molecule has 5 aliphatic rings. The first-order valence-corrected chi connectivity index (χ1v) is 16.7. The van der Waals surface area contributed by atoms with Gasteiger partial charge in [0.2, 0.25) is 5.91 Å². The van der Waals surface area contributed by atoms with Crippen molar-refractivity contribution in [2.75, 3.05) is 26.2 Å². The highest BCUT2D eigenvalue weighted by atomic mass is 16.3. The lowest BCUT2D eigenvalue weighted by atomic mass is 9.43. The normalized spacial score (nSPS) is 43.6. The molecule has 0 aromatic heterocycles. The van der Waals surface area contributed by atoms with Crippen molar-refractivity contribution in [3.05, 3.63) is 35.9 Å². The summed E-state index contributed by atoms with van der Waals surface area (Å²) in [5.74, 6) is 2.27. The monoisotopic (exact) mass is 566 g/mol. The van der Waals surface area contributed by atoms with Crippen LogP contribution in [0.2, 0.25) is 0 Å². The van der Waals surface area contributed by atoms with Gasteiger partial charge in [-0.1, -0.05) is 51.1 Å². The molecule has 4 aliphatic carbocycles. The minimum Gasteiger partial charge on any atom is -0.393 e. The van der Waals surface area contributed by atoms with Crippen molar-refractivity contribution in [2.24, 2.45) is 46.3 Å². The third-order valence-electron chi connectivity index (χ3n) is 13.3. The van der Waals surface area contributed by atoms with Crippen LogP contribution in [0.15, 0.2) is 30.3 Å². The molecule has 11 atom stereocenters. The van der Waals surface area contributed by atoms with Gasteiger partial charge >= 0.3 is 0 Å². The van der Waals surface area contributed by atoms with Crippen LogP contribution < -0.4 is 0 Å². The summed E-state index contributed by atoms with van der Waals surface area (Å²) in [6, 6.07) is 10.6. The Balaban J connectivity index is 1.05. The van der Waals surface area contributed by atoms with E-state index in [0.29, 0.717) is 36.0 Å². The Bertz CT molecular complexity index is 1060. The number of carbonyl (C=O) groups excluding carboxylic acids is 1. The van der Waals surface area contributed by atoms with E-state index in [2.05, 4.69) is 60.9 Å². The number of hydrogen-bond acceptors (Lipinski definition) is 5. The maximum absolute atomic E-state index is 13.2. The summed E-state index contributed by atoms with van der Waals surface area (Å²) in [4.78, 5) is 17.7. The molecule has 0 radical (unpaired) electrons. The zero-order chi connectivity index (χ0) is 28.9. The SMILES string of the molecule is C[C@H](CCC(=O)N1CCN(Cc2ccccc2)CC1)[C@H]1CC[C@H]2[C@@H]3[C@H](O)C[C@@H]4C[C@H](O)CC[C@]4(C)[C@H]3C[C@H](O)[C@]12C. The molecule has 6 rings (SSSR count). The van der Waals surface area contributed by atoms with Crippen molar-refractivity contribution in [3.8, 4) is 0 Å². The standard InChI is InChI=1S/C35H54N2O4/c1-23(9-12-32(41)37-17-15-36(16-18-37)22-24-7-5-4-6-8-24)27-10-11-28-33-29(21-31(40)35(27,28)3)34(2)14-13-26(38)19-25(34)20-30(33)39/h4-8,23,25-31,33,38-40H,9-22H2,1-3H3/t23-,25+,26-,27-,28+,29+,30-,31+,33+,34+,35-/m1/s1. The average molecular weight is 567 g/mol. The summed E-state index contributed by atoms with van der Waals surface area (Å²) in [7, 11) is 0. The van der Waals surface area contributed by atoms with Crippen LogP contribution in [0.5, 0.6) is 0 Å². The number of benzene rings is 1. The zero-order valence-electron chi connectivity index (χ0n) is 25.6. The van der Waals surface area contributed by atoms with Crippen LogP contribution >= 0.6 is 0 Å². The van der Waals surface area contributed by atoms with Crippen LogP contribution in [-0.2, 0) is 11.3 Å². The number of hydrogen-bond donors (Lipinski definition) is 3. The summed E-state index contributed by atoms with van der Waals surface area (Å²) in [6.07, 6.45) is 6.88. The molecule has 6 heteroatoms. The molecule has 228 valence electrons. The predicted molar refractivity (Wildman–Crippen MR) is 161 cm³/mol. The van der Waals surface area contributed by atoms with Gasteiger partial charge in [-0.05, 0) is 103 Å². The van der Waals surface area contributed by atoms with Gasteiger partial charge in [0.15, 0.2) is 0 Å². The molecule has 1 amide bonds. The third kappa shape index (κ3) is 5.30. The lowest BCUT2D eigenvalue weighted by molar-refractivity contribution is -0.207. The Kier molecular flexibility index (Phi) is 8.34. The van der Waals surface area contributed by atoms with Crippen LogP contribution in [-0.4, -0.2) is 75.5 Å². The van der Waals surface area contributed by atoms with Gasteiger partial charge in [-0.15, -0.1) is 0 Å². The van der Waals surface area contributed by atoms with E-state index in [9.17, 15) is 20.1 Å². The van der Waals surface area contributed by atoms with Gasteiger partial charge in [0, 0.05) is 39.1 Å². The van der Waals surface area contributed by atoms with Crippen molar-refractivity contribution >= 4 is 5.91 Å². The maximum Gasteiger partial charge on any atom is 0.222 e. The van der Waals surface area contributed by atoms with Gasteiger partial charge in [-0.25, -0.2) is 0 Å². The summed E-state index contributed by atoms with van der Waals surface area (Å²) >= 11 is 0. The molecule has 4 saturated carbocycles. The van der Waals surface area contributed by atoms with E-state index < -0.39 is 0 Å². The second-order valence-electron chi connectivity index (χ2n) is 15.2. The van der Waals surface area contributed by atoms with Crippen molar-refractivity contribution in [2.45, 2.75) is 103 Å². The molecule has 0 unspecified atom stereocenters. The molecule has 6 nitrogen and oxygen atoms in total. The number of amides is 1. The number of aliphatic hydroxyl groups is 3. The van der Waals surface area contributed by atoms with E-state index in [1.54, 1.807) is 0 Å². The molecule has 1 heterocycles. The molecule has 0 spiro atoms. The van der Waals surface area contributed by atoms with Crippen LogP contribution in [0, 0.1) is 46.3 Å². The van der Waals surface area contributed by atoms with E-state index in [-0.39, 0.29) is 41.0 Å². The summed E-state index contributed by atoms with van der Waals surface area (Å²) in [5.41, 5.74) is 1.23. The first-order chi connectivity index (χ1) is 19.6. The molecule has 1 aliphatic heterocycles. The third-order valence-corrected chi connectivity index (χ3v) is 13.3. The van der Waals surface area contributed by atoms with Crippen LogP contribution in [0.4, 0.5) is 0 Å². The van der Waals surface area contributed by atoms with Crippen molar-refractivity contribution in [1.29, 1.82) is 0 Å². The number of fused-ring (bicyclic) bond motifs is 5. The minimum atomic E-state index is -0.369. The highest BCUT2D eigenvalue weighted by molar-refractivity contribution is 5.76. The quantitative estimate of drug-likeness (QED) is 0.465. The first kappa shape index (κ1) is 29.6. The molecule has 5 fully saturated rings. The maximum atomic E-state index is 13.2. The van der Waals surface area contributed by atoms with Crippen LogP contribution in [0.25, 0.3) is 0 Å².